The number of halogens is 3. The van der Waals surface area contributed by atoms with Crippen molar-refractivity contribution in [2.24, 2.45) is 0 Å². The molecular formula is C23H24F3N5O. The second-order valence-corrected chi connectivity index (χ2v) is 7.96. The van der Waals surface area contributed by atoms with Crippen LogP contribution >= 0.6 is 0 Å². The molecule has 3 aromatic rings. The van der Waals surface area contributed by atoms with Crippen LogP contribution in [0.3, 0.4) is 0 Å². The average molecular weight is 443 g/mol. The number of nitrogens with zero attached hydrogens (tertiary/aromatic N) is 4. The van der Waals surface area contributed by atoms with Gasteiger partial charge in [0.2, 0.25) is 5.95 Å². The van der Waals surface area contributed by atoms with Crippen LogP contribution in [-0.2, 0) is 32.1 Å². The number of hydrogen-bond donors (Lipinski definition) is 1. The Morgan fingerprint density at radius 3 is 2.66 bits per heavy atom. The molecule has 0 atom stereocenters. The summed E-state index contributed by atoms with van der Waals surface area (Å²) in [6, 6.07) is 9.44. The molecule has 0 saturated heterocycles. The van der Waals surface area contributed by atoms with Crippen LogP contribution in [0.2, 0.25) is 0 Å². The van der Waals surface area contributed by atoms with Crippen molar-refractivity contribution in [1.29, 1.82) is 0 Å². The van der Waals surface area contributed by atoms with Gasteiger partial charge >= 0.3 is 6.18 Å². The van der Waals surface area contributed by atoms with Crippen LogP contribution in [0.4, 0.5) is 19.1 Å². The zero-order chi connectivity index (χ0) is 22.7. The van der Waals surface area contributed by atoms with E-state index >= 15 is 0 Å². The largest absolute Gasteiger partial charge is 0.416 e. The second kappa shape index (κ2) is 9.12. The fourth-order valence-electron chi connectivity index (χ4n) is 4.00. The Labute approximate surface area is 183 Å². The number of aromatic amines is 1. The molecule has 168 valence electrons. The summed E-state index contributed by atoms with van der Waals surface area (Å²) in [7, 11) is 1.84. The zero-order valence-corrected chi connectivity index (χ0v) is 17.7. The lowest BCUT2D eigenvalue weighted by molar-refractivity contribution is -0.138. The van der Waals surface area contributed by atoms with Crippen LogP contribution in [0.1, 0.15) is 27.9 Å². The minimum Gasteiger partial charge on any atom is -0.341 e. The number of alkyl halides is 3. The number of rotatable bonds is 5. The van der Waals surface area contributed by atoms with E-state index in [4.69, 9.17) is 0 Å². The standard InChI is InChI=1S/C23H24F3N5O/c1-30(14-16-5-4-10-27-13-16)22-28-20-9-12-31(11-8-18(20)21(32)29-22)15-17-6-2-3-7-19(17)23(24,25)26/h2-7,10,13H,8-9,11-12,14-15H2,1H3,(H,28,29,32). The highest BCUT2D eigenvalue weighted by molar-refractivity contribution is 5.35. The van der Waals surface area contributed by atoms with E-state index in [1.54, 1.807) is 18.5 Å². The summed E-state index contributed by atoms with van der Waals surface area (Å²) in [6.45, 7) is 1.74. The Morgan fingerprint density at radius 2 is 1.91 bits per heavy atom. The first kappa shape index (κ1) is 22.0. The molecule has 2 aromatic heterocycles. The quantitative estimate of drug-likeness (QED) is 0.655. The third kappa shape index (κ3) is 4.99. The number of aromatic nitrogens is 3. The molecule has 0 unspecified atom stereocenters. The van der Waals surface area contributed by atoms with Gasteiger partial charge in [0, 0.05) is 57.6 Å². The van der Waals surface area contributed by atoms with Gasteiger partial charge in [0.05, 0.1) is 11.3 Å². The van der Waals surface area contributed by atoms with E-state index in [-0.39, 0.29) is 17.7 Å². The van der Waals surface area contributed by atoms with E-state index in [0.717, 1.165) is 11.6 Å². The average Bonchev–Trinajstić information content (AvgIpc) is 2.97. The van der Waals surface area contributed by atoms with Gasteiger partial charge in [0.1, 0.15) is 0 Å². The van der Waals surface area contributed by atoms with Gasteiger partial charge in [-0.25, -0.2) is 4.98 Å². The predicted octanol–water partition coefficient (Wildman–Crippen LogP) is 3.42. The Kier molecular flexibility index (Phi) is 6.27. The number of benzene rings is 1. The van der Waals surface area contributed by atoms with Gasteiger partial charge in [-0.05, 0) is 29.7 Å². The van der Waals surface area contributed by atoms with E-state index in [1.807, 2.05) is 29.0 Å². The van der Waals surface area contributed by atoms with Gasteiger partial charge in [-0.15, -0.1) is 0 Å². The molecule has 1 aromatic carbocycles. The number of nitrogens with one attached hydrogen (secondary N) is 1. The van der Waals surface area contributed by atoms with Crippen molar-refractivity contribution in [2.45, 2.75) is 32.1 Å². The predicted molar refractivity (Wildman–Crippen MR) is 115 cm³/mol. The molecule has 0 bridgehead atoms. The number of hydrogen-bond acceptors (Lipinski definition) is 5. The molecule has 6 nitrogen and oxygen atoms in total. The van der Waals surface area contributed by atoms with Gasteiger partial charge in [-0.1, -0.05) is 24.3 Å². The van der Waals surface area contributed by atoms with Crippen molar-refractivity contribution in [1.82, 2.24) is 19.9 Å². The molecule has 1 aliphatic heterocycles. The maximum Gasteiger partial charge on any atom is 0.416 e. The van der Waals surface area contributed by atoms with Crippen LogP contribution in [0.5, 0.6) is 0 Å². The van der Waals surface area contributed by atoms with Crippen LogP contribution in [0, 0.1) is 0 Å². The molecule has 0 saturated carbocycles. The summed E-state index contributed by atoms with van der Waals surface area (Å²) in [5.41, 5.74) is 1.73. The summed E-state index contributed by atoms with van der Waals surface area (Å²) < 4.78 is 40.0. The molecular weight excluding hydrogens is 419 g/mol. The van der Waals surface area contributed by atoms with Crippen molar-refractivity contribution in [3.8, 4) is 0 Å². The van der Waals surface area contributed by atoms with Crippen molar-refractivity contribution >= 4 is 5.95 Å². The third-order valence-corrected chi connectivity index (χ3v) is 5.65. The first-order chi connectivity index (χ1) is 15.3. The van der Waals surface area contributed by atoms with Crippen molar-refractivity contribution in [3.05, 3.63) is 87.1 Å². The van der Waals surface area contributed by atoms with Crippen molar-refractivity contribution in [3.63, 3.8) is 0 Å². The fourth-order valence-corrected chi connectivity index (χ4v) is 4.00. The van der Waals surface area contributed by atoms with E-state index in [0.29, 0.717) is 49.7 Å². The van der Waals surface area contributed by atoms with Crippen LogP contribution in [-0.4, -0.2) is 40.0 Å². The normalized spacial score (nSPS) is 14.6. The van der Waals surface area contributed by atoms with Crippen LogP contribution < -0.4 is 10.5 Å². The maximum atomic E-state index is 13.3. The molecule has 9 heteroatoms. The van der Waals surface area contributed by atoms with Crippen LogP contribution in [0.25, 0.3) is 0 Å². The lowest BCUT2D eigenvalue weighted by Gasteiger charge is -2.22. The highest BCUT2D eigenvalue weighted by Gasteiger charge is 2.33. The van der Waals surface area contributed by atoms with Crippen molar-refractivity contribution < 1.29 is 13.2 Å². The Morgan fingerprint density at radius 1 is 1.12 bits per heavy atom. The van der Waals surface area contributed by atoms with E-state index in [1.165, 1.54) is 12.1 Å². The lowest BCUT2D eigenvalue weighted by Crippen LogP contribution is -2.27. The minimum absolute atomic E-state index is 0.176. The smallest absolute Gasteiger partial charge is 0.341 e. The zero-order valence-electron chi connectivity index (χ0n) is 17.7. The van der Waals surface area contributed by atoms with Crippen molar-refractivity contribution in [2.75, 3.05) is 25.0 Å². The number of H-pyrrole nitrogens is 1. The highest BCUT2D eigenvalue weighted by Crippen LogP contribution is 2.32. The number of pyridine rings is 1. The summed E-state index contributed by atoms with van der Waals surface area (Å²) in [6.07, 6.45) is 0.0110. The fraction of sp³-hybridized carbons (Fsp3) is 0.348. The topological polar surface area (TPSA) is 65.1 Å². The molecule has 3 heterocycles. The number of fused-ring (bicyclic) bond motifs is 1. The van der Waals surface area contributed by atoms with Crippen LogP contribution in [0.15, 0.2) is 53.6 Å². The van der Waals surface area contributed by atoms with Gasteiger partial charge in [0.25, 0.3) is 5.56 Å². The summed E-state index contributed by atoms with van der Waals surface area (Å²) in [4.78, 5) is 28.2. The minimum atomic E-state index is -4.39. The van der Waals surface area contributed by atoms with Gasteiger partial charge in [-0.2, -0.15) is 13.2 Å². The molecule has 0 amide bonds. The molecule has 1 aliphatic rings. The maximum absolute atomic E-state index is 13.3. The molecule has 1 N–H and O–H groups in total. The molecule has 0 fully saturated rings. The Bertz CT molecular complexity index is 1130. The SMILES string of the molecule is CN(Cc1cccnc1)c1nc2c(c(=O)[nH]1)CCN(Cc1ccccc1C(F)(F)F)CC2. The van der Waals surface area contributed by atoms with E-state index in [9.17, 15) is 18.0 Å². The van der Waals surface area contributed by atoms with E-state index < -0.39 is 11.7 Å². The first-order valence-corrected chi connectivity index (χ1v) is 10.4. The summed E-state index contributed by atoms with van der Waals surface area (Å²) >= 11 is 0. The number of anilines is 1. The van der Waals surface area contributed by atoms with E-state index in [2.05, 4.69) is 15.0 Å². The van der Waals surface area contributed by atoms with Gasteiger partial charge in [-0.3, -0.25) is 19.7 Å². The lowest BCUT2D eigenvalue weighted by atomic mass is 10.1. The molecule has 0 spiro atoms. The monoisotopic (exact) mass is 443 g/mol. The van der Waals surface area contributed by atoms with Gasteiger partial charge in [0.15, 0.2) is 0 Å². The Hall–Kier alpha value is -3.20. The molecule has 32 heavy (non-hydrogen) atoms. The molecule has 4 rings (SSSR count). The first-order valence-electron chi connectivity index (χ1n) is 10.4. The Balaban J connectivity index is 1.50. The summed E-state index contributed by atoms with van der Waals surface area (Å²) in [5, 5.41) is 0. The third-order valence-electron chi connectivity index (χ3n) is 5.65. The van der Waals surface area contributed by atoms with Gasteiger partial charge < -0.3 is 4.90 Å². The highest BCUT2D eigenvalue weighted by atomic mass is 19.4. The molecule has 0 aliphatic carbocycles. The summed E-state index contributed by atoms with van der Waals surface area (Å²) in [5.74, 6) is 0.466. The second-order valence-electron chi connectivity index (χ2n) is 7.96. The molecule has 0 radical (unpaired) electrons.